The van der Waals surface area contributed by atoms with E-state index in [1.54, 1.807) is 0 Å². The van der Waals surface area contributed by atoms with Crippen LogP contribution in [0.15, 0.2) is 29.1 Å². The summed E-state index contributed by atoms with van der Waals surface area (Å²) in [6.07, 6.45) is 2.60. The smallest absolute Gasteiger partial charge is 0.264 e. The van der Waals surface area contributed by atoms with Crippen molar-refractivity contribution in [1.82, 2.24) is 9.97 Å². The molecule has 1 aromatic carbocycles. The third-order valence-electron chi connectivity index (χ3n) is 3.81. The largest absolute Gasteiger partial charge is 0.306 e. The summed E-state index contributed by atoms with van der Waals surface area (Å²) in [4.78, 5) is 19.8. The molecule has 1 aliphatic rings. The Labute approximate surface area is 138 Å². The maximum absolute atomic E-state index is 12.2. The molecular formula is C17H19IN2O. The topological polar surface area (TPSA) is 45.8 Å². The van der Waals surface area contributed by atoms with Crippen molar-refractivity contribution >= 4 is 22.6 Å². The summed E-state index contributed by atoms with van der Waals surface area (Å²) in [5.74, 6) is 1.40. The summed E-state index contributed by atoms with van der Waals surface area (Å²) >= 11 is 2.08. The van der Waals surface area contributed by atoms with Crippen molar-refractivity contribution in [3.8, 4) is 11.4 Å². The number of aromatic nitrogens is 2. The van der Waals surface area contributed by atoms with Crippen LogP contribution in [-0.2, 0) is 5.41 Å². The Hall–Kier alpha value is -1.17. The molecule has 1 fully saturated rings. The lowest BCUT2D eigenvalue weighted by molar-refractivity contribution is 0.562. The van der Waals surface area contributed by atoms with Crippen LogP contribution in [0.2, 0.25) is 0 Å². The van der Waals surface area contributed by atoms with Crippen molar-refractivity contribution in [1.29, 1.82) is 0 Å². The van der Waals surface area contributed by atoms with Crippen molar-refractivity contribution < 1.29 is 0 Å². The molecular weight excluding hydrogens is 375 g/mol. The number of halogens is 1. The molecule has 0 aliphatic heterocycles. The number of hydrogen-bond acceptors (Lipinski definition) is 2. The minimum atomic E-state index is -0.145. The molecule has 4 heteroatoms. The molecule has 3 rings (SSSR count). The molecule has 0 atom stereocenters. The van der Waals surface area contributed by atoms with Gasteiger partial charge in [-0.05, 0) is 46.9 Å². The van der Waals surface area contributed by atoms with Gasteiger partial charge in [-0.15, -0.1) is 0 Å². The normalized spacial score (nSPS) is 15.2. The third kappa shape index (κ3) is 3.05. The number of aromatic amines is 1. The molecule has 21 heavy (non-hydrogen) atoms. The standard InChI is InChI=1S/C17H19IN2O/c1-17(2,3)14-13(18)16(21)20-15(19-14)12-8-6-11(7-9-12)10-4-5-10/h6-10H,4-5H2,1-3H3,(H,19,20,21). The van der Waals surface area contributed by atoms with Crippen LogP contribution in [0.3, 0.4) is 0 Å². The van der Waals surface area contributed by atoms with E-state index < -0.39 is 0 Å². The van der Waals surface area contributed by atoms with E-state index in [1.165, 1.54) is 18.4 Å². The highest BCUT2D eigenvalue weighted by molar-refractivity contribution is 14.1. The van der Waals surface area contributed by atoms with E-state index in [-0.39, 0.29) is 11.0 Å². The van der Waals surface area contributed by atoms with Crippen molar-refractivity contribution in [2.75, 3.05) is 0 Å². The van der Waals surface area contributed by atoms with Crippen molar-refractivity contribution in [3.05, 3.63) is 49.4 Å². The molecule has 2 aromatic rings. The fraction of sp³-hybridized carbons (Fsp3) is 0.412. The first-order valence-corrected chi connectivity index (χ1v) is 8.35. The number of hydrogen-bond donors (Lipinski definition) is 1. The van der Waals surface area contributed by atoms with Gasteiger partial charge in [-0.1, -0.05) is 45.0 Å². The van der Waals surface area contributed by atoms with Crippen molar-refractivity contribution in [2.24, 2.45) is 0 Å². The molecule has 0 saturated heterocycles. The van der Waals surface area contributed by atoms with Crippen LogP contribution in [0.4, 0.5) is 0 Å². The first-order valence-electron chi connectivity index (χ1n) is 7.27. The van der Waals surface area contributed by atoms with Gasteiger partial charge in [0.15, 0.2) is 0 Å². The van der Waals surface area contributed by atoms with Gasteiger partial charge in [0.1, 0.15) is 9.39 Å². The Bertz CT molecular complexity index is 722. The van der Waals surface area contributed by atoms with E-state index >= 15 is 0 Å². The predicted octanol–water partition coefficient (Wildman–Crippen LogP) is 4.22. The molecule has 1 N–H and O–H groups in total. The van der Waals surface area contributed by atoms with Gasteiger partial charge in [0.05, 0.1) is 5.69 Å². The van der Waals surface area contributed by atoms with Gasteiger partial charge in [0, 0.05) is 11.0 Å². The summed E-state index contributed by atoms with van der Waals surface area (Å²) in [6.45, 7) is 6.24. The molecule has 0 bridgehead atoms. The molecule has 1 saturated carbocycles. The third-order valence-corrected chi connectivity index (χ3v) is 4.81. The van der Waals surface area contributed by atoms with Crippen LogP contribution in [0.5, 0.6) is 0 Å². The van der Waals surface area contributed by atoms with E-state index in [9.17, 15) is 4.79 Å². The first-order chi connectivity index (χ1) is 9.86. The quantitative estimate of drug-likeness (QED) is 0.776. The van der Waals surface area contributed by atoms with Gasteiger partial charge in [-0.25, -0.2) is 4.98 Å². The molecule has 0 spiro atoms. The van der Waals surface area contributed by atoms with E-state index in [1.807, 2.05) is 0 Å². The Morgan fingerprint density at radius 3 is 2.33 bits per heavy atom. The number of nitrogens with one attached hydrogen (secondary N) is 1. The van der Waals surface area contributed by atoms with Gasteiger partial charge < -0.3 is 4.98 Å². The number of benzene rings is 1. The van der Waals surface area contributed by atoms with Crippen LogP contribution in [0.1, 0.15) is 50.8 Å². The van der Waals surface area contributed by atoms with Crippen LogP contribution < -0.4 is 5.56 Å². The van der Waals surface area contributed by atoms with E-state index in [0.717, 1.165) is 17.2 Å². The molecule has 0 unspecified atom stereocenters. The van der Waals surface area contributed by atoms with Gasteiger partial charge in [-0.3, -0.25) is 4.79 Å². The van der Waals surface area contributed by atoms with E-state index in [4.69, 9.17) is 4.98 Å². The lowest BCUT2D eigenvalue weighted by atomic mass is 9.92. The average molecular weight is 394 g/mol. The zero-order chi connectivity index (χ0) is 15.2. The zero-order valence-corrected chi connectivity index (χ0v) is 14.7. The van der Waals surface area contributed by atoms with E-state index in [0.29, 0.717) is 9.39 Å². The highest BCUT2D eigenvalue weighted by atomic mass is 127. The van der Waals surface area contributed by atoms with Crippen molar-refractivity contribution in [3.63, 3.8) is 0 Å². The van der Waals surface area contributed by atoms with Gasteiger partial charge in [0.25, 0.3) is 5.56 Å². The molecule has 0 amide bonds. The van der Waals surface area contributed by atoms with Crippen LogP contribution in [0, 0.1) is 3.57 Å². The van der Waals surface area contributed by atoms with Crippen LogP contribution in [0.25, 0.3) is 11.4 Å². The summed E-state index contributed by atoms with van der Waals surface area (Å²) in [6, 6.07) is 8.43. The maximum Gasteiger partial charge on any atom is 0.264 e. The van der Waals surface area contributed by atoms with Gasteiger partial charge in [0.2, 0.25) is 0 Å². The SMILES string of the molecule is CC(C)(C)c1nc(-c2ccc(C3CC3)cc2)[nH]c(=O)c1I. The molecule has 0 radical (unpaired) electrons. The lowest BCUT2D eigenvalue weighted by Gasteiger charge is -2.19. The Kier molecular flexibility index (Phi) is 3.67. The lowest BCUT2D eigenvalue weighted by Crippen LogP contribution is -2.24. The second-order valence-corrected chi connectivity index (χ2v) is 7.80. The van der Waals surface area contributed by atoms with Crippen LogP contribution in [-0.4, -0.2) is 9.97 Å². The molecule has 3 nitrogen and oxygen atoms in total. The fourth-order valence-electron chi connectivity index (χ4n) is 2.42. The highest BCUT2D eigenvalue weighted by Gasteiger charge is 2.24. The Balaban J connectivity index is 2.05. The maximum atomic E-state index is 12.2. The van der Waals surface area contributed by atoms with Crippen molar-refractivity contribution in [2.45, 2.75) is 44.9 Å². The first kappa shape index (κ1) is 14.8. The minimum Gasteiger partial charge on any atom is -0.306 e. The number of rotatable bonds is 2. The predicted molar refractivity (Wildman–Crippen MR) is 93.7 cm³/mol. The second kappa shape index (κ2) is 5.23. The fourth-order valence-corrected chi connectivity index (χ4v) is 3.49. The van der Waals surface area contributed by atoms with Gasteiger partial charge in [-0.2, -0.15) is 0 Å². The minimum absolute atomic E-state index is 0.0585. The summed E-state index contributed by atoms with van der Waals surface area (Å²) in [5.41, 5.74) is 3.01. The Morgan fingerprint density at radius 1 is 1.19 bits per heavy atom. The monoisotopic (exact) mass is 394 g/mol. The average Bonchev–Trinajstić information content (AvgIpc) is 3.25. The van der Waals surface area contributed by atoms with Crippen LogP contribution >= 0.6 is 22.6 Å². The zero-order valence-electron chi connectivity index (χ0n) is 12.5. The Morgan fingerprint density at radius 2 is 1.81 bits per heavy atom. The summed E-state index contributed by atoms with van der Waals surface area (Å²) in [5, 5.41) is 0. The molecule has 1 heterocycles. The highest BCUT2D eigenvalue weighted by Crippen LogP contribution is 2.40. The molecule has 110 valence electrons. The number of nitrogens with zero attached hydrogens (tertiary/aromatic N) is 1. The van der Waals surface area contributed by atoms with Gasteiger partial charge >= 0.3 is 0 Å². The number of H-pyrrole nitrogens is 1. The summed E-state index contributed by atoms with van der Waals surface area (Å²) < 4.78 is 0.679. The molecule has 1 aliphatic carbocycles. The second-order valence-electron chi connectivity index (χ2n) is 6.72. The van der Waals surface area contributed by atoms with E-state index in [2.05, 4.69) is 72.6 Å². The summed E-state index contributed by atoms with van der Waals surface area (Å²) in [7, 11) is 0. The molecule has 1 aromatic heterocycles.